The quantitative estimate of drug-likeness (QED) is 0.553. The van der Waals surface area contributed by atoms with Crippen LogP contribution in [0.1, 0.15) is 20.3 Å². The van der Waals surface area contributed by atoms with Crippen molar-refractivity contribution in [2.24, 2.45) is 0 Å². The molecule has 13 heavy (non-hydrogen) atoms. The minimum atomic E-state index is -0.721. The Hall–Kier alpha value is -0.170. The van der Waals surface area contributed by atoms with Crippen molar-refractivity contribution in [1.82, 2.24) is 0 Å². The lowest BCUT2D eigenvalue weighted by molar-refractivity contribution is 0.173. The SMILES string of the molecule is CC#N.CCCOC(=O)Cl.ClCCl. The van der Waals surface area contributed by atoms with Crippen LogP contribution in [0.4, 0.5) is 4.79 Å². The third-order valence-electron chi connectivity index (χ3n) is 0.420. The molecule has 78 valence electrons. The van der Waals surface area contributed by atoms with Crippen LogP contribution in [0.2, 0.25) is 0 Å². The van der Waals surface area contributed by atoms with E-state index in [1.807, 2.05) is 6.92 Å². The molecule has 0 aromatic heterocycles. The van der Waals surface area contributed by atoms with E-state index in [0.717, 1.165) is 6.42 Å². The lowest BCUT2D eigenvalue weighted by Gasteiger charge is -1.91. The van der Waals surface area contributed by atoms with E-state index < -0.39 is 5.43 Å². The number of rotatable bonds is 2. The summed E-state index contributed by atoms with van der Waals surface area (Å²) in [5.74, 6) is 0. The van der Waals surface area contributed by atoms with Crippen LogP contribution in [0.3, 0.4) is 0 Å². The van der Waals surface area contributed by atoms with Crippen LogP contribution in [0, 0.1) is 11.3 Å². The molecule has 0 fully saturated rings. The number of ether oxygens (including phenoxy) is 1. The van der Waals surface area contributed by atoms with E-state index >= 15 is 0 Å². The fraction of sp³-hybridized carbons (Fsp3) is 0.714. The fourth-order valence-electron chi connectivity index (χ4n) is 0.182. The van der Waals surface area contributed by atoms with Gasteiger partial charge in [-0.2, -0.15) is 5.26 Å². The number of halogens is 3. The second-order valence-corrected chi connectivity index (χ2v) is 2.53. The highest BCUT2D eigenvalue weighted by Crippen LogP contribution is 1.86. The van der Waals surface area contributed by atoms with Gasteiger partial charge in [-0.3, -0.25) is 0 Å². The average molecular weight is 249 g/mol. The molecule has 0 bridgehead atoms. The van der Waals surface area contributed by atoms with Gasteiger partial charge in [0, 0.05) is 18.5 Å². The van der Waals surface area contributed by atoms with E-state index in [1.54, 1.807) is 6.07 Å². The van der Waals surface area contributed by atoms with Gasteiger partial charge >= 0.3 is 5.43 Å². The molecule has 0 atom stereocenters. The first kappa shape index (κ1) is 18.6. The Morgan fingerprint density at radius 1 is 1.54 bits per heavy atom. The van der Waals surface area contributed by atoms with Gasteiger partial charge < -0.3 is 4.74 Å². The van der Waals surface area contributed by atoms with Crippen molar-refractivity contribution in [1.29, 1.82) is 5.26 Å². The molecule has 6 heteroatoms. The summed E-state index contributed by atoms with van der Waals surface area (Å²) >= 11 is 14.3. The fourth-order valence-corrected chi connectivity index (χ4v) is 0.259. The average Bonchev–Trinajstić information content (AvgIpc) is 2.04. The van der Waals surface area contributed by atoms with Gasteiger partial charge in [-0.05, 0) is 6.42 Å². The Bertz CT molecular complexity index is 136. The normalized spacial score (nSPS) is 6.46. The van der Waals surface area contributed by atoms with Crippen LogP contribution in [-0.4, -0.2) is 17.4 Å². The maximum Gasteiger partial charge on any atom is 0.403 e. The molecule has 0 aliphatic rings. The van der Waals surface area contributed by atoms with Gasteiger partial charge in [0.15, 0.2) is 0 Å². The second-order valence-electron chi connectivity index (χ2n) is 1.41. The van der Waals surface area contributed by atoms with Crippen LogP contribution in [0.5, 0.6) is 0 Å². The molecule has 0 spiro atoms. The van der Waals surface area contributed by atoms with Gasteiger partial charge in [0.1, 0.15) is 0 Å². The van der Waals surface area contributed by atoms with Gasteiger partial charge in [0.05, 0.1) is 18.0 Å². The Kier molecular flexibility index (Phi) is 32.3. The zero-order valence-corrected chi connectivity index (χ0v) is 9.79. The molecule has 0 heterocycles. The Balaban J connectivity index is -0.000000140. The van der Waals surface area contributed by atoms with Crippen molar-refractivity contribution in [2.75, 3.05) is 11.9 Å². The molecule has 0 saturated heterocycles. The minimum Gasteiger partial charge on any atom is -0.454 e. The molecule has 0 amide bonds. The van der Waals surface area contributed by atoms with Crippen LogP contribution in [0.15, 0.2) is 0 Å². The predicted octanol–water partition coefficient (Wildman–Crippen LogP) is 3.72. The van der Waals surface area contributed by atoms with E-state index in [4.69, 9.17) is 40.1 Å². The molecular weight excluding hydrogens is 236 g/mol. The standard InChI is InChI=1S/C4H7ClO2.C2H3N.CH2Cl2/c1-2-3-7-4(5)6;1-2-3;2-1-3/h2-3H2,1H3;1H3;1H2. The van der Waals surface area contributed by atoms with Gasteiger partial charge in [-0.25, -0.2) is 4.79 Å². The monoisotopic (exact) mass is 247 g/mol. The Morgan fingerprint density at radius 2 is 1.85 bits per heavy atom. The smallest absolute Gasteiger partial charge is 0.403 e. The van der Waals surface area contributed by atoms with E-state index in [-0.39, 0.29) is 5.34 Å². The van der Waals surface area contributed by atoms with Gasteiger partial charge in [0.2, 0.25) is 0 Å². The number of carbonyl (C=O) groups excluding carboxylic acids is 1. The maximum atomic E-state index is 9.75. The molecule has 3 nitrogen and oxygen atoms in total. The molecule has 0 unspecified atom stereocenters. The zero-order valence-electron chi connectivity index (χ0n) is 7.52. The number of alkyl halides is 2. The lowest BCUT2D eigenvalue weighted by Crippen LogP contribution is -1.93. The highest BCUT2D eigenvalue weighted by molar-refractivity contribution is 6.61. The molecule has 0 radical (unpaired) electrons. The Labute approximate surface area is 93.5 Å². The van der Waals surface area contributed by atoms with Crippen molar-refractivity contribution < 1.29 is 9.53 Å². The highest BCUT2D eigenvalue weighted by atomic mass is 35.5. The molecular formula is C7H12Cl3NO2. The van der Waals surface area contributed by atoms with Crippen molar-refractivity contribution in [3.8, 4) is 6.07 Å². The van der Waals surface area contributed by atoms with Crippen molar-refractivity contribution in [3.05, 3.63) is 0 Å². The number of carbonyl (C=O) groups is 1. The van der Waals surface area contributed by atoms with E-state index in [0.29, 0.717) is 6.61 Å². The first-order chi connectivity index (χ1) is 6.10. The third kappa shape index (κ3) is 77.9. The van der Waals surface area contributed by atoms with E-state index in [2.05, 4.69) is 4.74 Å². The molecule has 0 aromatic carbocycles. The lowest BCUT2D eigenvalue weighted by atomic mass is 10.5. The number of hydrogen-bond donors (Lipinski definition) is 0. The summed E-state index contributed by atoms with van der Waals surface area (Å²) in [5, 5.41) is 7.51. The number of nitrogens with zero attached hydrogens (tertiary/aromatic N) is 1. The third-order valence-corrected chi connectivity index (χ3v) is 0.529. The molecule has 0 saturated carbocycles. The molecule has 0 aliphatic heterocycles. The zero-order chi connectivity index (χ0) is 11.1. The van der Waals surface area contributed by atoms with Gasteiger partial charge in [-0.1, -0.05) is 6.92 Å². The summed E-state index contributed by atoms with van der Waals surface area (Å²) in [7, 11) is 0. The molecule has 0 rings (SSSR count). The first-order valence-corrected chi connectivity index (χ1v) is 4.80. The topological polar surface area (TPSA) is 50.1 Å². The van der Waals surface area contributed by atoms with Gasteiger partial charge in [-0.15, -0.1) is 23.2 Å². The van der Waals surface area contributed by atoms with Crippen molar-refractivity contribution in [2.45, 2.75) is 20.3 Å². The number of hydrogen-bond acceptors (Lipinski definition) is 3. The number of nitriles is 1. The van der Waals surface area contributed by atoms with Crippen LogP contribution >= 0.6 is 34.8 Å². The van der Waals surface area contributed by atoms with E-state index in [9.17, 15) is 4.79 Å². The van der Waals surface area contributed by atoms with Crippen LogP contribution in [0.25, 0.3) is 0 Å². The maximum absolute atomic E-state index is 9.75. The Morgan fingerprint density at radius 3 is 1.92 bits per heavy atom. The molecule has 0 N–H and O–H groups in total. The van der Waals surface area contributed by atoms with Crippen molar-refractivity contribution in [3.63, 3.8) is 0 Å². The summed E-state index contributed by atoms with van der Waals surface area (Å²) in [6, 6.07) is 1.75. The van der Waals surface area contributed by atoms with E-state index in [1.165, 1.54) is 6.92 Å². The molecule has 0 aliphatic carbocycles. The summed E-state index contributed by atoms with van der Waals surface area (Å²) < 4.78 is 4.32. The second kappa shape index (κ2) is 22.6. The predicted molar refractivity (Wildman–Crippen MR) is 55.4 cm³/mol. The summed E-state index contributed by atoms with van der Waals surface area (Å²) in [4.78, 5) is 9.75. The summed E-state index contributed by atoms with van der Waals surface area (Å²) in [5.41, 5.74) is -0.721. The van der Waals surface area contributed by atoms with Gasteiger partial charge in [0.25, 0.3) is 0 Å². The van der Waals surface area contributed by atoms with Crippen LogP contribution in [-0.2, 0) is 4.74 Å². The minimum absolute atomic E-state index is 0.194. The first-order valence-electron chi connectivity index (χ1n) is 3.35. The summed E-state index contributed by atoms with van der Waals surface area (Å²) in [6.07, 6.45) is 0.818. The molecule has 0 aromatic rings. The summed E-state index contributed by atoms with van der Waals surface area (Å²) in [6.45, 7) is 3.75. The largest absolute Gasteiger partial charge is 0.454 e. The van der Waals surface area contributed by atoms with Crippen molar-refractivity contribution >= 4 is 40.2 Å². The highest BCUT2D eigenvalue weighted by Gasteiger charge is 1.89. The van der Waals surface area contributed by atoms with Crippen LogP contribution < -0.4 is 0 Å².